The van der Waals surface area contributed by atoms with E-state index >= 15 is 0 Å². The number of benzene rings is 8. The Bertz CT molecular complexity index is 2490. The maximum Gasteiger partial charge on any atom is 0.0562 e. The molecule has 0 saturated heterocycles. The van der Waals surface area contributed by atoms with Gasteiger partial charge in [-0.2, -0.15) is 0 Å². The maximum absolute atomic E-state index is 2.43. The first kappa shape index (κ1) is 27.9. The van der Waals surface area contributed by atoms with Crippen LogP contribution in [0.1, 0.15) is 0 Å². The Kier molecular flexibility index (Phi) is 6.84. The third-order valence-corrected chi connectivity index (χ3v) is 9.31. The predicted molar refractivity (Wildman–Crippen MR) is 204 cm³/mol. The lowest BCUT2D eigenvalue weighted by molar-refractivity contribution is 1.18. The van der Waals surface area contributed by atoms with Gasteiger partial charge in [-0.3, -0.25) is 0 Å². The fourth-order valence-electron chi connectivity index (χ4n) is 7.12. The van der Waals surface area contributed by atoms with E-state index < -0.39 is 0 Å². The van der Waals surface area contributed by atoms with E-state index in [2.05, 4.69) is 204 Å². The molecule has 9 aromatic rings. The molecule has 0 amide bonds. The molecule has 1 aromatic heterocycles. The molecule has 0 atom stereocenters. The molecule has 0 saturated carbocycles. The van der Waals surface area contributed by atoms with Gasteiger partial charge in [0.1, 0.15) is 0 Å². The van der Waals surface area contributed by atoms with E-state index in [9.17, 15) is 0 Å². The van der Waals surface area contributed by atoms with Gasteiger partial charge >= 0.3 is 0 Å². The van der Waals surface area contributed by atoms with Gasteiger partial charge in [0.2, 0.25) is 0 Å². The Hall–Kier alpha value is -6.38. The van der Waals surface area contributed by atoms with Crippen LogP contribution in [-0.2, 0) is 0 Å². The van der Waals surface area contributed by atoms with Crippen LogP contribution < -0.4 is 4.90 Å². The van der Waals surface area contributed by atoms with Crippen LogP contribution in [0.15, 0.2) is 194 Å². The van der Waals surface area contributed by atoms with Gasteiger partial charge in [0.25, 0.3) is 0 Å². The van der Waals surface area contributed by atoms with Gasteiger partial charge in [0.05, 0.1) is 16.7 Å². The highest BCUT2D eigenvalue weighted by Crippen LogP contribution is 2.45. The quantitative estimate of drug-likeness (QED) is 0.181. The average molecular weight is 613 g/mol. The molecule has 0 radical (unpaired) electrons. The van der Waals surface area contributed by atoms with Crippen molar-refractivity contribution in [3.8, 4) is 27.9 Å². The number of anilines is 3. The molecule has 0 aliphatic carbocycles. The molecule has 0 aliphatic rings. The Labute approximate surface area is 280 Å². The molecule has 0 aliphatic heterocycles. The molecule has 0 unspecified atom stereocenters. The standard InChI is InChI=1S/C46H32N2/c1-4-15-33(16-5-1)37-29-38(34-17-6-2-7-18-34)32-41(31-37)47(39-21-8-3-9-22-39)44-25-14-26-45-46(44)42-23-12-13-24-43(42)48(45)40-28-27-35-19-10-11-20-36(35)30-40/h1-32H. The number of rotatable bonds is 6. The second-order valence-electron chi connectivity index (χ2n) is 12.2. The van der Waals surface area contributed by atoms with Crippen molar-refractivity contribution in [1.29, 1.82) is 0 Å². The van der Waals surface area contributed by atoms with Crippen LogP contribution in [0.2, 0.25) is 0 Å². The van der Waals surface area contributed by atoms with Crippen molar-refractivity contribution in [1.82, 2.24) is 4.57 Å². The SMILES string of the molecule is c1ccc(-c2cc(-c3ccccc3)cc(N(c3ccccc3)c3cccc4c3c3ccccc3n4-c3ccc4ccccc4c3)c2)cc1. The Morgan fingerprint density at radius 2 is 0.938 bits per heavy atom. The first-order chi connectivity index (χ1) is 23.8. The van der Waals surface area contributed by atoms with E-state index in [1.807, 2.05) is 0 Å². The monoisotopic (exact) mass is 612 g/mol. The van der Waals surface area contributed by atoms with E-state index in [0.29, 0.717) is 0 Å². The smallest absolute Gasteiger partial charge is 0.0562 e. The number of hydrogen-bond acceptors (Lipinski definition) is 1. The summed E-state index contributed by atoms with van der Waals surface area (Å²) in [7, 11) is 0. The van der Waals surface area contributed by atoms with Crippen LogP contribution >= 0.6 is 0 Å². The Morgan fingerprint density at radius 1 is 0.354 bits per heavy atom. The van der Waals surface area contributed by atoms with Gasteiger partial charge in [0, 0.05) is 27.8 Å². The van der Waals surface area contributed by atoms with Crippen LogP contribution in [0, 0.1) is 0 Å². The number of nitrogens with zero attached hydrogens (tertiary/aromatic N) is 2. The third-order valence-electron chi connectivity index (χ3n) is 9.31. The second kappa shape index (κ2) is 11.8. The molecule has 0 fully saturated rings. The normalized spacial score (nSPS) is 11.3. The lowest BCUT2D eigenvalue weighted by Gasteiger charge is -2.28. The van der Waals surface area contributed by atoms with Crippen LogP contribution in [0.4, 0.5) is 17.1 Å². The minimum Gasteiger partial charge on any atom is -0.310 e. The fourth-order valence-corrected chi connectivity index (χ4v) is 7.12. The van der Waals surface area contributed by atoms with E-state index in [4.69, 9.17) is 0 Å². The average Bonchev–Trinajstić information content (AvgIpc) is 3.51. The highest BCUT2D eigenvalue weighted by molar-refractivity contribution is 6.16. The summed E-state index contributed by atoms with van der Waals surface area (Å²) in [5, 5.41) is 4.91. The minimum absolute atomic E-state index is 1.11. The van der Waals surface area contributed by atoms with E-state index in [1.165, 1.54) is 54.8 Å². The lowest BCUT2D eigenvalue weighted by Crippen LogP contribution is -2.10. The van der Waals surface area contributed by atoms with Crippen LogP contribution in [0.5, 0.6) is 0 Å². The first-order valence-electron chi connectivity index (χ1n) is 16.4. The number of aromatic nitrogens is 1. The molecule has 2 heteroatoms. The Morgan fingerprint density at radius 3 is 1.65 bits per heavy atom. The van der Waals surface area contributed by atoms with Crippen molar-refractivity contribution in [3.05, 3.63) is 194 Å². The van der Waals surface area contributed by atoms with Crippen LogP contribution in [0.25, 0.3) is 60.5 Å². The third kappa shape index (κ3) is 4.83. The summed E-state index contributed by atoms with van der Waals surface area (Å²) in [6.07, 6.45) is 0. The van der Waals surface area contributed by atoms with E-state index in [1.54, 1.807) is 0 Å². The van der Waals surface area contributed by atoms with Gasteiger partial charge < -0.3 is 9.47 Å². The number of para-hydroxylation sites is 2. The molecule has 9 rings (SSSR count). The lowest BCUT2D eigenvalue weighted by atomic mass is 9.97. The highest BCUT2D eigenvalue weighted by atomic mass is 15.1. The van der Waals surface area contributed by atoms with E-state index in [0.717, 1.165) is 22.7 Å². The van der Waals surface area contributed by atoms with Crippen molar-refractivity contribution < 1.29 is 0 Å². The first-order valence-corrected chi connectivity index (χ1v) is 16.4. The van der Waals surface area contributed by atoms with Crippen molar-refractivity contribution >= 4 is 49.6 Å². The summed E-state index contributed by atoms with van der Waals surface area (Å²) in [5.41, 5.74) is 11.6. The fraction of sp³-hybridized carbons (Fsp3) is 0. The van der Waals surface area contributed by atoms with Crippen molar-refractivity contribution in [3.63, 3.8) is 0 Å². The Balaban J connectivity index is 1.34. The highest BCUT2D eigenvalue weighted by Gasteiger charge is 2.22. The summed E-state index contributed by atoms with van der Waals surface area (Å²) in [5.74, 6) is 0. The number of hydrogen-bond donors (Lipinski definition) is 0. The zero-order chi connectivity index (χ0) is 31.9. The molecule has 226 valence electrons. The van der Waals surface area contributed by atoms with Crippen molar-refractivity contribution in [2.45, 2.75) is 0 Å². The molecular weight excluding hydrogens is 581 g/mol. The largest absolute Gasteiger partial charge is 0.310 e. The van der Waals surface area contributed by atoms with Crippen molar-refractivity contribution in [2.24, 2.45) is 0 Å². The van der Waals surface area contributed by atoms with Crippen LogP contribution in [0.3, 0.4) is 0 Å². The zero-order valence-electron chi connectivity index (χ0n) is 26.4. The van der Waals surface area contributed by atoms with Gasteiger partial charge in [-0.25, -0.2) is 0 Å². The molecule has 1 heterocycles. The van der Waals surface area contributed by atoms with Crippen molar-refractivity contribution in [2.75, 3.05) is 4.90 Å². The molecule has 0 bridgehead atoms. The number of fused-ring (bicyclic) bond motifs is 4. The topological polar surface area (TPSA) is 8.17 Å². The zero-order valence-corrected chi connectivity index (χ0v) is 26.4. The summed E-state index contributed by atoms with van der Waals surface area (Å²) in [4.78, 5) is 2.43. The summed E-state index contributed by atoms with van der Waals surface area (Å²) in [6.45, 7) is 0. The molecule has 8 aromatic carbocycles. The summed E-state index contributed by atoms with van der Waals surface area (Å²) < 4.78 is 2.42. The molecule has 0 spiro atoms. The summed E-state index contributed by atoms with van der Waals surface area (Å²) in [6, 6.07) is 70.0. The van der Waals surface area contributed by atoms with Crippen LogP contribution in [-0.4, -0.2) is 4.57 Å². The maximum atomic E-state index is 2.43. The summed E-state index contributed by atoms with van der Waals surface area (Å²) >= 11 is 0. The minimum atomic E-state index is 1.11. The molecule has 2 nitrogen and oxygen atoms in total. The van der Waals surface area contributed by atoms with Gasteiger partial charge in [0.15, 0.2) is 0 Å². The van der Waals surface area contributed by atoms with Gasteiger partial charge in [-0.15, -0.1) is 0 Å². The molecule has 48 heavy (non-hydrogen) atoms. The molecular formula is C46H32N2. The predicted octanol–water partition coefficient (Wildman–Crippen LogP) is 12.7. The molecule has 0 N–H and O–H groups in total. The van der Waals surface area contributed by atoms with Gasteiger partial charge in [-0.1, -0.05) is 133 Å². The van der Waals surface area contributed by atoms with Gasteiger partial charge in [-0.05, 0) is 93.7 Å². The van der Waals surface area contributed by atoms with E-state index in [-0.39, 0.29) is 0 Å². The second-order valence-corrected chi connectivity index (χ2v) is 12.2.